The second-order valence-electron chi connectivity index (χ2n) is 7.43. The molecule has 4 heterocycles. The molecule has 154 valence electrons. The average Bonchev–Trinajstić information content (AvgIpc) is 3.21. The Morgan fingerprint density at radius 1 is 1.19 bits per heavy atom. The third kappa shape index (κ3) is 5.81. The zero-order chi connectivity index (χ0) is 17.1. The lowest BCUT2D eigenvalue weighted by atomic mass is 10.1. The lowest BCUT2D eigenvalue weighted by molar-refractivity contribution is -0.133. The van der Waals surface area contributed by atoms with E-state index < -0.39 is 0 Å². The van der Waals surface area contributed by atoms with Crippen LogP contribution >= 0.6 is 24.8 Å². The molecule has 1 unspecified atom stereocenters. The minimum atomic E-state index is 0. The minimum Gasteiger partial charge on any atom is -0.378 e. The molecule has 3 aliphatic heterocycles. The zero-order valence-electron chi connectivity index (χ0n) is 15.8. The van der Waals surface area contributed by atoms with E-state index in [1.54, 1.807) is 0 Å². The van der Waals surface area contributed by atoms with Crippen molar-refractivity contribution in [1.82, 2.24) is 24.9 Å². The molecule has 0 aromatic carbocycles. The maximum Gasteiger partial charge on any atom is 0.224 e. The summed E-state index contributed by atoms with van der Waals surface area (Å²) in [5.41, 5.74) is 2.32. The number of ether oxygens (including phenoxy) is 1. The van der Waals surface area contributed by atoms with Crippen LogP contribution < -0.4 is 5.32 Å². The van der Waals surface area contributed by atoms with Gasteiger partial charge in [0.2, 0.25) is 5.91 Å². The first kappa shape index (κ1) is 22.4. The summed E-state index contributed by atoms with van der Waals surface area (Å²) in [6, 6.07) is 2.35. The van der Waals surface area contributed by atoms with E-state index in [1.165, 1.54) is 31.6 Å². The Morgan fingerprint density at radius 2 is 2.00 bits per heavy atom. The molecular weight excluding hydrogens is 389 g/mol. The Labute approximate surface area is 173 Å². The number of likely N-dealkylation sites (tertiary alicyclic amines) is 1. The molecule has 1 aromatic rings. The fraction of sp³-hybridized carbons (Fsp3) is 0.778. The van der Waals surface area contributed by atoms with Gasteiger partial charge in [-0.25, -0.2) is 0 Å². The molecule has 0 spiro atoms. The Hall–Kier alpha value is -0.860. The average molecular weight is 420 g/mol. The molecule has 1 N–H and O–H groups in total. The highest BCUT2D eigenvalue weighted by Crippen LogP contribution is 2.18. The van der Waals surface area contributed by atoms with Crippen LogP contribution in [0.1, 0.15) is 37.1 Å². The molecule has 3 aliphatic rings. The van der Waals surface area contributed by atoms with Crippen molar-refractivity contribution in [3.63, 3.8) is 0 Å². The molecule has 1 atom stereocenters. The summed E-state index contributed by atoms with van der Waals surface area (Å²) in [4.78, 5) is 17.2. The third-order valence-corrected chi connectivity index (χ3v) is 5.42. The molecule has 4 rings (SSSR count). The Morgan fingerprint density at radius 3 is 2.74 bits per heavy atom. The monoisotopic (exact) mass is 419 g/mol. The van der Waals surface area contributed by atoms with E-state index in [4.69, 9.17) is 9.84 Å². The number of morpholine rings is 1. The number of hydrogen-bond acceptors (Lipinski definition) is 5. The quantitative estimate of drug-likeness (QED) is 0.799. The van der Waals surface area contributed by atoms with Crippen LogP contribution in [0.15, 0.2) is 6.07 Å². The number of carbonyl (C=O) groups is 1. The van der Waals surface area contributed by atoms with Gasteiger partial charge in [0.25, 0.3) is 0 Å². The number of nitrogens with one attached hydrogen (secondary N) is 1. The number of rotatable bonds is 4. The van der Waals surface area contributed by atoms with Crippen molar-refractivity contribution in [3.05, 3.63) is 17.5 Å². The van der Waals surface area contributed by atoms with Gasteiger partial charge in [-0.05, 0) is 38.4 Å². The smallest absolute Gasteiger partial charge is 0.224 e. The van der Waals surface area contributed by atoms with Gasteiger partial charge in [0.1, 0.15) is 0 Å². The molecule has 1 aromatic heterocycles. The van der Waals surface area contributed by atoms with Crippen molar-refractivity contribution in [1.29, 1.82) is 0 Å². The van der Waals surface area contributed by atoms with Gasteiger partial charge in [-0.1, -0.05) is 0 Å². The highest BCUT2D eigenvalue weighted by molar-refractivity contribution is 5.85. The van der Waals surface area contributed by atoms with Crippen molar-refractivity contribution < 1.29 is 9.53 Å². The molecule has 9 heteroatoms. The van der Waals surface area contributed by atoms with Crippen molar-refractivity contribution >= 4 is 30.7 Å². The number of fused-ring (bicyclic) bond motifs is 1. The van der Waals surface area contributed by atoms with E-state index in [0.29, 0.717) is 19.6 Å². The Kier molecular flexibility index (Phi) is 8.82. The molecule has 0 bridgehead atoms. The van der Waals surface area contributed by atoms with Crippen LogP contribution in [-0.2, 0) is 29.2 Å². The van der Waals surface area contributed by atoms with E-state index in [1.807, 2.05) is 4.90 Å². The van der Waals surface area contributed by atoms with Crippen LogP contribution in [0.2, 0.25) is 0 Å². The number of nitrogens with zero attached hydrogens (tertiary/aromatic N) is 4. The molecule has 2 saturated heterocycles. The normalized spacial score (nSPS) is 23.1. The predicted molar refractivity (Wildman–Crippen MR) is 108 cm³/mol. The molecule has 1 amide bonds. The lowest BCUT2D eigenvalue weighted by Gasteiger charge is -2.26. The van der Waals surface area contributed by atoms with Gasteiger partial charge in [0.15, 0.2) is 0 Å². The highest BCUT2D eigenvalue weighted by atomic mass is 35.5. The summed E-state index contributed by atoms with van der Waals surface area (Å²) in [5, 5.41) is 8.16. The van der Waals surface area contributed by atoms with Gasteiger partial charge in [0.05, 0.1) is 31.1 Å². The Balaban J connectivity index is 0.00000131. The number of hydrogen-bond donors (Lipinski definition) is 1. The molecule has 0 radical (unpaired) electrons. The van der Waals surface area contributed by atoms with Crippen molar-refractivity contribution in [2.75, 3.05) is 39.4 Å². The van der Waals surface area contributed by atoms with Gasteiger partial charge < -0.3 is 15.0 Å². The van der Waals surface area contributed by atoms with Crippen LogP contribution in [0.4, 0.5) is 0 Å². The summed E-state index contributed by atoms with van der Waals surface area (Å²) in [6.07, 6.45) is 4.09. The number of aryl methyl sites for hydroxylation is 1. The molecule has 27 heavy (non-hydrogen) atoms. The van der Waals surface area contributed by atoms with E-state index in [9.17, 15) is 4.79 Å². The van der Waals surface area contributed by atoms with Gasteiger partial charge >= 0.3 is 0 Å². The van der Waals surface area contributed by atoms with E-state index >= 15 is 0 Å². The first-order chi connectivity index (χ1) is 12.3. The number of halogens is 2. The molecule has 0 saturated carbocycles. The molecule has 2 fully saturated rings. The second kappa shape index (κ2) is 10.6. The second-order valence-corrected chi connectivity index (χ2v) is 7.43. The summed E-state index contributed by atoms with van der Waals surface area (Å²) in [6.45, 7) is 7.93. The SMILES string of the molecule is Cl.Cl.O=C(CC1COCCN1)N1CCCn2nc(CN3CCCC3)cc2C1. The van der Waals surface area contributed by atoms with E-state index in [0.717, 1.165) is 44.9 Å². The maximum atomic E-state index is 12.7. The highest BCUT2D eigenvalue weighted by Gasteiger charge is 2.24. The summed E-state index contributed by atoms with van der Waals surface area (Å²) < 4.78 is 7.58. The van der Waals surface area contributed by atoms with Crippen LogP contribution in [0.5, 0.6) is 0 Å². The largest absolute Gasteiger partial charge is 0.378 e. The van der Waals surface area contributed by atoms with E-state index in [-0.39, 0.29) is 36.8 Å². The Bertz CT molecular complexity index is 601. The van der Waals surface area contributed by atoms with E-state index in [2.05, 4.69) is 21.0 Å². The van der Waals surface area contributed by atoms with Gasteiger partial charge in [-0.15, -0.1) is 24.8 Å². The predicted octanol–water partition coefficient (Wildman–Crippen LogP) is 1.43. The lowest BCUT2D eigenvalue weighted by Crippen LogP contribution is -2.45. The van der Waals surface area contributed by atoms with Gasteiger partial charge in [-0.2, -0.15) is 5.10 Å². The number of aromatic nitrogens is 2. The number of carbonyl (C=O) groups excluding carboxylic acids is 1. The van der Waals surface area contributed by atoms with Crippen LogP contribution in [0, 0.1) is 0 Å². The third-order valence-electron chi connectivity index (χ3n) is 5.42. The first-order valence-electron chi connectivity index (χ1n) is 9.65. The summed E-state index contributed by atoms with van der Waals surface area (Å²) in [5.74, 6) is 0.221. The fourth-order valence-electron chi connectivity index (χ4n) is 4.07. The van der Waals surface area contributed by atoms with Crippen LogP contribution in [-0.4, -0.2) is 70.9 Å². The van der Waals surface area contributed by atoms with Crippen LogP contribution in [0.25, 0.3) is 0 Å². The topological polar surface area (TPSA) is 62.6 Å². The van der Waals surface area contributed by atoms with Crippen LogP contribution in [0.3, 0.4) is 0 Å². The molecule has 0 aliphatic carbocycles. The summed E-state index contributed by atoms with van der Waals surface area (Å²) in [7, 11) is 0. The minimum absolute atomic E-state index is 0. The van der Waals surface area contributed by atoms with Gasteiger partial charge in [0, 0.05) is 38.6 Å². The zero-order valence-corrected chi connectivity index (χ0v) is 17.4. The fourth-order valence-corrected chi connectivity index (χ4v) is 4.07. The van der Waals surface area contributed by atoms with Crippen molar-refractivity contribution in [3.8, 4) is 0 Å². The standard InChI is InChI=1S/C18H29N5O2.2ClH/c24-18(11-16-14-25-9-4-19-16)22-7-3-8-23-17(13-22)10-15(20-23)12-21-5-1-2-6-21;;/h10,16,19H,1-9,11-14H2;2*1H. The molecule has 7 nitrogen and oxygen atoms in total. The first-order valence-corrected chi connectivity index (χ1v) is 9.65. The molecular formula is C18H31Cl2N5O2. The number of amides is 1. The maximum absolute atomic E-state index is 12.7. The van der Waals surface area contributed by atoms with Gasteiger partial charge in [-0.3, -0.25) is 14.4 Å². The van der Waals surface area contributed by atoms with Crippen molar-refractivity contribution in [2.24, 2.45) is 0 Å². The van der Waals surface area contributed by atoms with Crippen molar-refractivity contribution in [2.45, 2.75) is 51.4 Å². The summed E-state index contributed by atoms with van der Waals surface area (Å²) >= 11 is 0.